The van der Waals surface area contributed by atoms with Crippen molar-refractivity contribution >= 4 is 26.9 Å². The van der Waals surface area contributed by atoms with Crippen LogP contribution in [0.4, 0.5) is 0 Å². The van der Waals surface area contributed by atoms with Gasteiger partial charge in [-0.25, -0.2) is 8.42 Å². The van der Waals surface area contributed by atoms with Crippen molar-refractivity contribution in [3.05, 3.63) is 0 Å². The zero-order valence-electron chi connectivity index (χ0n) is 5.46. The number of thiol groups is 1. The molecule has 0 saturated carbocycles. The molecule has 0 atom stereocenters. The normalized spacial score (nSPS) is 7.11. The van der Waals surface area contributed by atoms with E-state index in [1.165, 1.54) is 6.42 Å². The Morgan fingerprint density at radius 1 is 1.56 bits per heavy atom. The quantitative estimate of drug-likeness (QED) is 0.233. The Morgan fingerprint density at radius 3 is 1.67 bits per heavy atom. The van der Waals surface area contributed by atoms with Gasteiger partial charge in [0.2, 0.25) is 0 Å². The molecule has 0 bridgehead atoms. The van der Waals surface area contributed by atoms with Crippen LogP contribution in [-0.4, -0.2) is 18.3 Å². The third-order valence-electron chi connectivity index (χ3n) is 0.189. The monoisotopic (exact) mass is 226 g/mol. The molecule has 0 rings (SSSR count). The molecule has 0 N–H and O–H groups in total. The van der Waals surface area contributed by atoms with Crippen molar-refractivity contribution in [3.63, 3.8) is 0 Å². The number of hydrogen-bond acceptors (Lipinski definition) is 3. The molecular formula is C3H8BrNaO3S. The molecule has 0 spiro atoms. The van der Waals surface area contributed by atoms with Gasteiger partial charge in [-0.05, 0) is 6.42 Å². The van der Waals surface area contributed by atoms with Gasteiger partial charge in [-0.2, -0.15) is 0 Å². The van der Waals surface area contributed by atoms with Crippen LogP contribution < -0.4 is 29.6 Å². The Hall–Kier alpha value is 1.39. The molecule has 0 aromatic carbocycles. The van der Waals surface area contributed by atoms with E-state index < -0.39 is 11.0 Å². The summed E-state index contributed by atoms with van der Waals surface area (Å²) in [6.07, 6.45) is 1.24. The molecule has 0 aliphatic heterocycles. The summed E-state index contributed by atoms with van der Waals surface area (Å²) < 4.78 is 25.4. The second kappa shape index (κ2) is 16.2. The van der Waals surface area contributed by atoms with Gasteiger partial charge in [-0.1, -0.05) is 22.9 Å². The predicted molar refractivity (Wildman–Crippen MR) is 35.2 cm³/mol. The van der Waals surface area contributed by atoms with Gasteiger partial charge in [0.15, 0.2) is 0 Å². The summed E-state index contributed by atoms with van der Waals surface area (Å²) in [4.78, 5) is 0. The fraction of sp³-hybridized carbons (Fsp3) is 1.00. The molecule has 0 fully saturated rings. The van der Waals surface area contributed by atoms with Crippen LogP contribution in [0.2, 0.25) is 0 Å². The summed E-state index contributed by atoms with van der Waals surface area (Å²) in [7, 11) is -3.37. The fourth-order valence-corrected chi connectivity index (χ4v) is 0. The van der Waals surface area contributed by atoms with Crippen LogP contribution >= 0.6 is 15.9 Å². The van der Waals surface area contributed by atoms with Gasteiger partial charge >= 0.3 is 29.6 Å². The second-order valence-corrected chi connectivity index (χ2v) is 2.15. The van der Waals surface area contributed by atoms with Crippen LogP contribution in [0.25, 0.3) is 0 Å². The van der Waals surface area contributed by atoms with Gasteiger partial charge in [0.25, 0.3) is 0 Å². The molecule has 6 heteroatoms. The summed E-state index contributed by atoms with van der Waals surface area (Å²) in [5.74, 6) is 0. The zero-order valence-corrected chi connectivity index (χ0v) is 9.94. The standard InChI is InChI=1S/C3H7Br.Na.H2O3S/c1-2-3-4;;1-4(2)3/h2-3H2,1H3;;4H,(H,1,2,3)/q;+1;/p-1. The average molecular weight is 227 g/mol. The maximum absolute atomic E-state index is 8.48. The predicted octanol–water partition coefficient (Wildman–Crippen LogP) is -2.48. The number of halogens is 1. The molecule has 0 aromatic heterocycles. The summed E-state index contributed by atoms with van der Waals surface area (Å²) in [6.45, 7) is 2.13. The van der Waals surface area contributed by atoms with E-state index >= 15 is 0 Å². The molecule has 3 nitrogen and oxygen atoms in total. The van der Waals surface area contributed by atoms with Crippen molar-refractivity contribution in [2.75, 3.05) is 5.33 Å². The van der Waals surface area contributed by atoms with E-state index in [0.29, 0.717) is 0 Å². The molecule has 0 amide bonds. The molecule has 0 saturated heterocycles. The van der Waals surface area contributed by atoms with Crippen LogP contribution in [0.3, 0.4) is 0 Å². The molecule has 0 unspecified atom stereocenters. The minimum atomic E-state index is -3.37. The van der Waals surface area contributed by atoms with Gasteiger partial charge < -0.3 is 4.55 Å². The summed E-state index contributed by atoms with van der Waals surface area (Å²) in [5, 5.41) is 1.13. The molecule has 0 radical (unpaired) electrons. The van der Waals surface area contributed by atoms with Crippen molar-refractivity contribution in [2.24, 2.45) is 0 Å². The van der Waals surface area contributed by atoms with Crippen molar-refractivity contribution < 1.29 is 42.5 Å². The average Bonchev–Trinajstić information content (AvgIpc) is 1.65. The van der Waals surface area contributed by atoms with Crippen LogP contribution in [0.5, 0.6) is 0 Å². The Labute approximate surface area is 87.4 Å². The van der Waals surface area contributed by atoms with E-state index in [0.717, 1.165) is 5.33 Å². The number of hydrogen-bond donors (Lipinski definition) is 1. The molecule has 0 aliphatic rings. The summed E-state index contributed by atoms with van der Waals surface area (Å²) >= 11 is 3.25. The summed E-state index contributed by atoms with van der Waals surface area (Å²) in [6, 6.07) is 0. The smallest absolute Gasteiger partial charge is 0.750 e. The third-order valence-corrected chi connectivity index (χ3v) is 0.982. The van der Waals surface area contributed by atoms with Gasteiger partial charge in [0, 0.05) is 5.33 Å². The van der Waals surface area contributed by atoms with Gasteiger partial charge in [-0.3, -0.25) is 0 Å². The minimum absolute atomic E-state index is 0. The molecular weight excluding hydrogens is 219 g/mol. The third kappa shape index (κ3) is 89.8. The van der Waals surface area contributed by atoms with E-state index in [2.05, 4.69) is 22.9 Å². The number of alkyl halides is 1. The van der Waals surface area contributed by atoms with Crippen LogP contribution in [0.15, 0.2) is 0 Å². The van der Waals surface area contributed by atoms with E-state index in [4.69, 9.17) is 13.0 Å². The van der Waals surface area contributed by atoms with E-state index in [1.807, 2.05) is 0 Å². The van der Waals surface area contributed by atoms with Crippen LogP contribution in [0.1, 0.15) is 13.3 Å². The van der Waals surface area contributed by atoms with E-state index in [9.17, 15) is 0 Å². The second-order valence-electron chi connectivity index (χ2n) is 0.913. The Morgan fingerprint density at radius 2 is 1.67 bits per heavy atom. The first-order valence-corrected chi connectivity index (χ1v) is 4.24. The fourth-order valence-electron chi connectivity index (χ4n) is 0. The van der Waals surface area contributed by atoms with Crippen molar-refractivity contribution in [3.8, 4) is 0 Å². The zero-order chi connectivity index (χ0) is 6.99. The summed E-state index contributed by atoms with van der Waals surface area (Å²) in [5.41, 5.74) is 0. The SMILES string of the molecule is CCCBr.O=[SH](=O)[O-].[Na+]. The first-order valence-electron chi connectivity index (χ1n) is 2.02. The first kappa shape index (κ1) is 16.8. The maximum atomic E-state index is 8.48. The van der Waals surface area contributed by atoms with Gasteiger partial charge in [-0.15, -0.1) is 0 Å². The molecule has 0 heterocycles. The Balaban J connectivity index is -0.0000000720. The Bertz CT molecular complexity index is 85.1. The first-order chi connectivity index (χ1) is 3.65. The van der Waals surface area contributed by atoms with Crippen molar-refractivity contribution in [2.45, 2.75) is 13.3 Å². The van der Waals surface area contributed by atoms with Crippen LogP contribution in [0, 0.1) is 0 Å². The number of rotatable bonds is 1. The molecule has 0 aromatic rings. The molecule has 0 aliphatic carbocycles. The van der Waals surface area contributed by atoms with E-state index in [-0.39, 0.29) is 29.6 Å². The van der Waals surface area contributed by atoms with Gasteiger partial charge in [0.1, 0.15) is 0 Å². The topological polar surface area (TPSA) is 57.2 Å². The van der Waals surface area contributed by atoms with Crippen LogP contribution in [-0.2, 0) is 11.0 Å². The maximum Gasteiger partial charge on any atom is 1.00 e. The largest absolute Gasteiger partial charge is 1.00 e. The molecule has 52 valence electrons. The van der Waals surface area contributed by atoms with Crippen molar-refractivity contribution in [1.29, 1.82) is 0 Å². The van der Waals surface area contributed by atoms with E-state index in [1.54, 1.807) is 0 Å². The Kier molecular flexibility index (Phi) is 30.2. The van der Waals surface area contributed by atoms with Crippen molar-refractivity contribution in [1.82, 2.24) is 0 Å². The minimum Gasteiger partial charge on any atom is -0.750 e. The molecule has 9 heavy (non-hydrogen) atoms. The van der Waals surface area contributed by atoms with Gasteiger partial charge in [0.05, 0.1) is 11.0 Å².